The normalized spacial score (nSPS) is 14.0. The van der Waals surface area contributed by atoms with E-state index in [9.17, 15) is 0 Å². The lowest BCUT2D eigenvalue weighted by atomic mass is 9.91. The Bertz CT molecular complexity index is 897. The van der Waals surface area contributed by atoms with Crippen molar-refractivity contribution >= 4 is 11.1 Å². The first kappa shape index (κ1) is 14.5. The fourth-order valence-electron chi connectivity index (χ4n) is 2.93. The predicted octanol–water partition coefficient (Wildman–Crippen LogP) is 4.80. The maximum Gasteiger partial charge on any atom is 0.163 e. The number of allylic oxidation sites excluding steroid dienone is 4. The smallest absolute Gasteiger partial charge is 0.163 e. The molecule has 3 aromatic rings. The summed E-state index contributed by atoms with van der Waals surface area (Å²) < 4.78 is 0. The van der Waals surface area contributed by atoms with E-state index in [1.807, 2.05) is 36.4 Å². The Hall–Kier alpha value is -3.07. The molecule has 0 fully saturated rings. The van der Waals surface area contributed by atoms with E-state index in [1.165, 1.54) is 11.1 Å². The molecule has 3 heteroatoms. The maximum atomic E-state index is 4.71. The van der Waals surface area contributed by atoms with Gasteiger partial charge in [0.25, 0.3) is 0 Å². The van der Waals surface area contributed by atoms with Crippen LogP contribution >= 0.6 is 0 Å². The van der Waals surface area contributed by atoms with Crippen molar-refractivity contribution in [2.45, 2.75) is 12.8 Å². The van der Waals surface area contributed by atoms with Crippen molar-refractivity contribution in [1.29, 1.82) is 0 Å². The molecule has 0 amide bonds. The fourth-order valence-corrected chi connectivity index (χ4v) is 2.93. The largest absolute Gasteiger partial charge is 0.217 e. The molecule has 0 saturated carbocycles. The van der Waals surface area contributed by atoms with Crippen LogP contribution in [-0.4, -0.2) is 15.0 Å². The van der Waals surface area contributed by atoms with Crippen molar-refractivity contribution in [1.82, 2.24) is 15.0 Å². The molecule has 0 unspecified atom stereocenters. The third kappa shape index (κ3) is 2.88. The summed E-state index contributed by atoms with van der Waals surface area (Å²) in [5, 5.41) is 0. The minimum atomic E-state index is 0.708. The molecule has 2 aromatic carbocycles. The van der Waals surface area contributed by atoms with Gasteiger partial charge in [-0.2, -0.15) is 0 Å². The van der Waals surface area contributed by atoms with Crippen LogP contribution in [0.5, 0.6) is 0 Å². The Morgan fingerprint density at radius 2 is 1.17 bits per heavy atom. The summed E-state index contributed by atoms with van der Waals surface area (Å²) >= 11 is 0. The molecule has 24 heavy (non-hydrogen) atoms. The van der Waals surface area contributed by atoms with Gasteiger partial charge in [-0.15, -0.1) is 0 Å². The van der Waals surface area contributed by atoms with Gasteiger partial charge in [0.05, 0.1) is 0 Å². The zero-order valence-electron chi connectivity index (χ0n) is 13.3. The second-order valence-electron chi connectivity index (χ2n) is 5.68. The monoisotopic (exact) mass is 311 g/mol. The molecule has 3 nitrogen and oxygen atoms in total. The van der Waals surface area contributed by atoms with Gasteiger partial charge in [0.15, 0.2) is 11.6 Å². The summed E-state index contributed by atoms with van der Waals surface area (Å²) in [5.74, 6) is 1.44. The lowest BCUT2D eigenvalue weighted by molar-refractivity contribution is 1.00. The third-order valence-electron chi connectivity index (χ3n) is 4.08. The highest BCUT2D eigenvalue weighted by molar-refractivity contribution is 6.04. The van der Waals surface area contributed by atoms with Crippen LogP contribution in [0.15, 0.2) is 79.1 Å². The summed E-state index contributed by atoms with van der Waals surface area (Å²) in [4.78, 5) is 13.5. The van der Waals surface area contributed by atoms with Gasteiger partial charge < -0.3 is 0 Å². The molecule has 0 radical (unpaired) electrons. The van der Waals surface area contributed by atoms with E-state index in [2.05, 4.69) is 46.4 Å². The Labute approximate surface area is 141 Å². The topological polar surface area (TPSA) is 38.7 Å². The molecule has 0 N–H and O–H groups in total. The molecule has 1 aliphatic carbocycles. The molecule has 1 aromatic heterocycles. The fraction of sp³-hybridized carbons (Fsp3) is 0.0952. The maximum absolute atomic E-state index is 4.71. The van der Waals surface area contributed by atoms with Crippen molar-refractivity contribution in [3.05, 3.63) is 90.5 Å². The predicted molar refractivity (Wildman–Crippen MR) is 96.9 cm³/mol. The third-order valence-corrected chi connectivity index (χ3v) is 4.08. The molecule has 4 rings (SSSR count). The van der Waals surface area contributed by atoms with E-state index in [0.717, 1.165) is 29.8 Å². The van der Waals surface area contributed by atoms with Gasteiger partial charge in [0.1, 0.15) is 6.33 Å². The van der Waals surface area contributed by atoms with Crippen LogP contribution in [-0.2, 0) is 0 Å². The first-order chi connectivity index (χ1) is 11.9. The first-order valence-electron chi connectivity index (χ1n) is 8.13. The van der Waals surface area contributed by atoms with E-state index in [4.69, 9.17) is 4.98 Å². The lowest BCUT2D eigenvalue weighted by Gasteiger charge is -2.16. The van der Waals surface area contributed by atoms with Gasteiger partial charge >= 0.3 is 0 Å². The van der Waals surface area contributed by atoms with Gasteiger partial charge in [-0.3, -0.25) is 0 Å². The van der Waals surface area contributed by atoms with E-state index in [0.29, 0.717) is 5.82 Å². The molecule has 0 aliphatic heterocycles. The van der Waals surface area contributed by atoms with Crippen molar-refractivity contribution in [3.8, 4) is 11.4 Å². The Kier molecular flexibility index (Phi) is 3.98. The second-order valence-corrected chi connectivity index (χ2v) is 5.68. The molecular formula is C21H17N3. The van der Waals surface area contributed by atoms with Gasteiger partial charge in [0, 0.05) is 11.1 Å². The summed E-state index contributed by atoms with van der Waals surface area (Å²) in [6, 6.07) is 20.4. The zero-order valence-corrected chi connectivity index (χ0v) is 13.3. The molecule has 1 aliphatic rings. The van der Waals surface area contributed by atoms with Crippen molar-refractivity contribution in [3.63, 3.8) is 0 Å². The van der Waals surface area contributed by atoms with E-state index in [-0.39, 0.29) is 0 Å². The molecular weight excluding hydrogens is 294 g/mol. The number of aromatic nitrogens is 3. The van der Waals surface area contributed by atoms with E-state index in [1.54, 1.807) is 6.33 Å². The van der Waals surface area contributed by atoms with Crippen LogP contribution in [0.2, 0.25) is 0 Å². The average molecular weight is 311 g/mol. The first-order valence-corrected chi connectivity index (χ1v) is 8.13. The molecule has 1 heterocycles. The van der Waals surface area contributed by atoms with Crippen LogP contribution in [0.3, 0.4) is 0 Å². The van der Waals surface area contributed by atoms with Crippen LogP contribution in [0.1, 0.15) is 24.2 Å². The van der Waals surface area contributed by atoms with Crippen molar-refractivity contribution in [2.75, 3.05) is 0 Å². The quantitative estimate of drug-likeness (QED) is 0.697. The summed E-state index contributed by atoms with van der Waals surface area (Å²) in [7, 11) is 0. The molecule has 0 spiro atoms. The standard InChI is InChI=1S/C21H17N3/c1-3-9-16(10-4-1)18-13-7-8-14-19(18)21-23-15-22-20(24-21)17-11-5-2-6-12-17/h1-6,9-15H,7-8H2. The Morgan fingerprint density at radius 3 is 1.88 bits per heavy atom. The van der Waals surface area contributed by atoms with Crippen molar-refractivity contribution in [2.24, 2.45) is 0 Å². The van der Waals surface area contributed by atoms with Crippen LogP contribution in [0.4, 0.5) is 0 Å². The SMILES string of the molecule is C1=C(c2ccccc2)C(c2ncnc(-c3ccccc3)n2)=CCC1. The minimum Gasteiger partial charge on any atom is -0.217 e. The number of nitrogens with zero attached hydrogens (tertiary/aromatic N) is 3. The van der Waals surface area contributed by atoms with Crippen LogP contribution in [0.25, 0.3) is 22.5 Å². The highest BCUT2D eigenvalue weighted by Gasteiger charge is 2.16. The highest BCUT2D eigenvalue weighted by atomic mass is 15.0. The summed E-state index contributed by atoms with van der Waals surface area (Å²) in [6.45, 7) is 0. The molecule has 116 valence electrons. The lowest BCUT2D eigenvalue weighted by Crippen LogP contribution is -2.02. The van der Waals surface area contributed by atoms with Gasteiger partial charge in [-0.1, -0.05) is 72.8 Å². The van der Waals surface area contributed by atoms with E-state index < -0.39 is 0 Å². The number of hydrogen-bond donors (Lipinski definition) is 0. The number of hydrogen-bond acceptors (Lipinski definition) is 3. The Balaban J connectivity index is 1.75. The molecule has 0 bridgehead atoms. The van der Waals surface area contributed by atoms with Gasteiger partial charge in [-0.25, -0.2) is 15.0 Å². The summed E-state index contributed by atoms with van der Waals surface area (Å²) in [5.41, 5.74) is 4.49. The Morgan fingerprint density at radius 1 is 0.583 bits per heavy atom. The summed E-state index contributed by atoms with van der Waals surface area (Å²) in [6.07, 6.45) is 8.16. The second kappa shape index (κ2) is 6.59. The highest BCUT2D eigenvalue weighted by Crippen LogP contribution is 2.33. The van der Waals surface area contributed by atoms with Gasteiger partial charge in [-0.05, 0) is 24.0 Å². The van der Waals surface area contributed by atoms with Crippen molar-refractivity contribution < 1.29 is 0 Å². The minimum absolute atomic E-state index is 0.708. The van der Waals surface area contributed by atoms with Crippen LogP contribution in [0, 0.1) is 0 Å². The van der Waals surface area contributed by atoms with E-state index >= 15 is 0 Å². The number of rotatable bonds is 3. The van der Waals surface area contributed by atoms with Crippen LogP contribution < -0.4 is 0 Å². The molecule has 0 atom stereocenters. The molecule has 0 saturated heterocycles. The van der Waals surface area contributed by atoms with Gasteiger partial charge in [0.2, 0.25) is 0 Å². The average Bonchev–Trinajstić information content (AvgIpc) is 2.69. The zero-order chi connectivity index (χ0) is 16.2. The number of benzene rings is 2.